The maximum atomic E-state index is 13.6. The highest BCUT2D eigenvalue weighted by molar-refractivity contribution is 7.54. The van der Waals surface area contributed by atoms with Crippen LogP contribution in [-0.4, -0.2) is 27.8 Å². The van der Waals surface area contributed by atoms with Gasteiger partial charge in [0.05, 0.1) is 25.1 Å². The van der Waals surface area contributed by atoms with Gasteiger partial charge in [-0.2, -0.15) is 5.10 Å². The predicted octanol–water partition coefficient (Wildman–Crippen LogP) is 5.57. The van der Waals surface area contributed by atoms with Crippen LogP contribution in [0.2, 0.25) is 0 Å². The van der Waals surface area contributed by atoms with Crippen molar-refractivity contribution in [1.82, 2.24) is 14.6 Å². The average Bonchev–Trinajstić information content (AvgIpc) is 3.09. The molecule has 0 radical (unpaired) electrons. The summed E-state index contributed by atoms with van der Waals surface area (Å²) in [6.07, 6.45) is 7.52. The van der Waals surface area contributed by atoms with E-state index in [1.165, 1.54) is 0 Å². The summed E-state index contributed by atoms with van der Waals surface area (Å²) in [5.41, 5.74) is 2.34. The fraction of sp³-hybridized carbons (Fsp3) is 0.684. The number of fused-ring (bicyclic) bond motifs is 1. The summed E-state index contributed by atoms with van der Waals surface area (Å²) in [4.78, 5) is 4.70. The molecule has 2 heterocycles. The zero-order chi connectivity index (χ0) is 19.0. The zero-order valence-electron chi connectivity index (χ0n) is 16.5. The van der Waals surface area contributed by atoms with Crippen molar-refractivity contribution in [2.45, 2.75) is 71.9 Å². The molecule has 0 aliphatic heterocycles. The molecule has 2 aromatic heterocycles. The molecule has 146 valence electrons. The molecule has 0 aliphatic rings. The van der Waals surface area contributed by atoms with Gasteiger partial charge in [-0.15, -0.1) is 0 Å². The Morgan fingerprint density at radius 1 is 1.12 bits per heavy atom. The van der Waals surface area contributed by atoms with E-state index in [-0.39, 0.29) is 5.66 Å². The van der Waals surface area contributed by atoms with E-state index in [1.807, 2.05) is 26.0 Å². The summed E-state index contributed by atoms with van der Waals surface area (Å²) in [5.74, 6) is 0. The Morgan fingerprint density at radius 2 is 1.81 bits per heavy atom. The van der Waals surface area contributed by atoms with E-state index in [4.69, 9.17) is 14.0 Å². The standard InChI is InChI=1S/C19H32N3O3P/c1-5-9-11-16-15-17(22-19(21-16)13-14-20-22)18(12-10-6-2)26(23,24-7-3)25-8-4/h13-15,18H,5-12H2,1-4H3. The molecule has 0 aromatic carbocycles. The van der Waals surface area contributed by atoms with Crippen molar-refractivity contribution in [1.29, 1.82) is 0 Å². The number of nitrogens with zero attached hydrogens (tertiary/aromatic N) is 3. The van der Waals surface area contributed by atoms with E-state index >= 15 is 0 Å². The van der Waals surface area contributed by atoms with Crippen LogP contribution >= 0.6 is 7.60 Å². The molecule has 0 saturated carbocycles. The third-order valence-electron chi connectivity index (χ3n) is 4.40. The van der Waals surface area contributed by atoms with E-state index in [0.717, 1.165) is 55.6 Å². The highest BCUT2D eigenvalue weighted by Gasteiger charge is 2.38. The fourth-order valence-corrected chi connectivity index (χ4v) is 5.32. The second kappa shape index (κ2) is 10.2. The molecule has 6 nitrogen and oxygen atoms in total. The molecule has 26 heavy (non-hydrogen) atoms. The summed E-state index contributed by atoms with van der Waals surface area (Å²) >= 11 is 0. The number of aromatic nitrogens is 3. The lowest BCUT2D eigenvalue weighted by molar-refractivity contribution is 0.209. The maximum absolute atomic E-state index is 13.6. The summed E-state index contributed by atoms with van der Waals surface area (Å²) in [5, 5.41) is 4.42. The number of rotatable bonds is 12. The lowest BCUT2D eigenvalue weighted by Crippen LogP contribution is -2.13. The number of aryl methyl sites for hydroxylation is 1. The van der Waals surface area contributed by atoms with Gasteiger partial charge in [0, 0.05) is 11.8 Å². The first-order valence-corrected chi connectivity index (χ1v) is 11.4. The van der Waals surface area contributed by atoms with Crippen LogP contribution in [-0.2, 0) is 20.0 Å². The molecule has 1 atom stereocenters. The second-order valence-electron chi connectivity index (χ2n) is 6.41. The van der Waals surface area contributed by atoms with Crippen molar-refractivity contribution < 1.29 is 13.6 Å². The Labute approximate surface area is 156 Å². The van der Waals surface area contributed by atoms with Crippen molar-refractivity contribution in [2.75, 3.05) is 13.2 Å². The molecule has 2 rings (SSSR count). The first-order chi connectivity index (χ1) is 12.6. The number of hydrogen-bond acceptors (Lipinski definition) is 5. The van der Waals surface area contributed by atoms with Crippen LogP contribution in [0.15, 0.2) is 18.3 Å². The molecule has 0 saturated heterocycles. The third-order valence-corrected chi connectivity index (χ3v) is 6.92. The predicted molar refractivity (Wildman–Crippen MR) is 105 cm³/mol. The average molecular weight is 381 g/mol. The van der Waals surface area contributed by atoms with Gasteiger partial charge in [0.15, 0.2) is 5.65 Å². The van der Waals surface area contributed by atoms with Crippen LogP contribution in [0, 0.1) is 0 Å². The van der Waals surface area contributed by atoms with Gasteiger partial charge in [-0.1, -0.05) is 33.1 Å². The zero-order valence-corrected chi connectivity index (χ0v) is 17.4. The van der Waals surface area contributed by atoms with Gasteiger partial charge in [-0.05, 0) is 39.2 Å². The minimum Gasteiger partial charge on any atom is -0.308 e. The van der Waals surface area contributed by atoms with Crippen molar-refractivity contribution in [3.63, 3.8) is 0 Å². The van der Waals surface area contributed by atoms with E-state index < -0.39 is 7.60 Å². The molecule has 0 spiro atoms. The minimum atomic E-state index is -3.30. The van der Waals surface area contributed by atoms with Gasteiger partial charge < -0.3 is 9.05 Å². The Morgan fingerprint density at radius 3 is 2.42 bits per heavy atom. The van der Waals surface area contributed by atoms with Gasteiger partial charge in [-0.3, -0.25) is 4.57 Å². The summed E-state index contributed by atoms with van der Waals surface area (Å²) in [6.45, 7) is 8.72. The van der Waals surface area contributed by atoms with Crippen LogP contribution in [0.3, 0.4) is 0 Å². The molecular formula is C19H32N3O3P. The van der Waals surface area contributed by atoms with Crippen LogP contribution in [0.1, 0.15) is 76.8 Å². The van der Waals surface area contributed by atoms with Gasteiger partial charge in [0.25, 0.3) is 0 Å². The molecular weight excluding hydrogens is 349 g/mol. The Hall–Kier alpha value is -1.23. The van der Waals surface area contributed by atoms with E-state index in [0.29, 0.717) is 13.2 Å². The van der Waals surface area contributed by atoms with Gasteiger partial charge in [-0.25, -0.2) is 9.50 Å². The quantitative estimate of drug-likeness (QED) is 0.450. The van der Waals surface area contributed by atoms with E-state index in [1.54, 1.807) is 10.7 Å². The van der Waals surface area contributed by atoms with Crippen LogP contribution in [0.25, 0.3) is 5.65 Å². The number of unbranched alkanes of at least 4 members (excludes halogenated alkanes) is 2. The van der Waals surface area contributed by atoms with Crippen LogP contribution in [0.5, 0.6) is 0 Å². The molecule has 0 aliphatic carbocycles. The van der Waals surface area contributed by atoms with Crippen molar-refractivity contribution in [2.24, 2.45) is 0 Å². The molecule has 0 fully saturated rings. The minimum absolute atomic E-state index is 0.340. The second-order valence-corrected chi connectivity index (χ2v) is 8.63. The van der Waals surface area contributed by atoms with Gasteiger partial charge in [0.1, 0.15) is 5.66 Å². The highest BCUT2D eigenvalue weighted by atomic mass is 31.2. The molecule has 2 aromatic rings. The topological polar surface area (TPSA) is 65.7 Å². The van der Waals surface area contributed by atoms with Crippen molar-refractivity contribution >= 4 is 13.2 Å². The summed E-state index contributed by atoms with van der Waals surface area (Å²) in [6, 6.07) is 3.93. The Balaban J connectivity index is 2.55. The summed E-state index contributed by atoms with van der Waals surface area (Å²) < 4.78 is 26.8. The largest absolute Gasteiger partial charge is 0.339 e. The van der Waals surface area contributed by atoms with Crippen molar-refractivity contribution in [3.8, 4) is 0 Å². The smallest absolute Gasteiger partial charge is 0.308 e. The summed E-state index contributed by atoms with van der Waals surface area (Å²) in [7, 11) is -3.30. The monoisotopic (exact) mass is 381 g/mol. The van der Waals surface area contributed by atoms with E-state index in [2.05, 4.69) is 18.9 Å². The SMILES string of the molecule is CCCCc1cc(C(CCCC)P(=O)(OCC)OCC)n2nccc2n1. The molecule has 0 N–H and O–H groups in total. The normalized spacial score (nSPS) is 13.4. The lowest BCUT2D eigenvalue weighted by Gasteiger charge is -2.27. The van der Waals surface area contributed by atoms with Crippen molar-refractivity contribution in [3.05, 3.63) is 29.7 Å². The fourth-order valence-electron chi connectivity index (χ4n) is 3.16. The molecule has 0 bridgehead atoms. The molecule has 1 unspecified atom stereocenters. The third kappa shape index (κ3) is 4.93. The van der Waals surface area contributed by atoms with E-state index in [9.17, 15) is 4.57 Å². The number of hydrogen-bond donors (Lipinski definition) is 0. The molecule has 7 heteroatoms. The first kappa shape index (κ1) is 21.1. The molecule has 0 amide bonds. The van der Waals surface area contributed by atoms with Gasteiger partial charge >= 0.3 is 7.60 Å². The highest BCUT2D eigenvalue weighted by Crippen LogP contribution is 2.62. The van der Waals surface area contributed by atoms with Gasteiger partial charge in [0.2, 0.25) is 0 Å². The Kier molecular flexibility index (Phi) is 8.26. The first-order valence-electron chi connectivity index (χ1n) is 9.81. The maximum Gasteiger partial charge on any atom is 0.339 e. The van der Waals surface area contributed by atoms with Crippen LogP contribution in [0.4, 0.5) is 0 Å². The lowest BCUT2D eigenvalue weighted by atomic mass is 10.1. The van der Waals surface area contributed by atoms with Crippen LogP contribution < -0.4 is 0 Å². The Bertz CT molecular complexity index is 722.